The van der Waals surface area contributed by atoms with Crippen LogP contribution in [-0.2, 0) is 6.54 Å². The Kier molecular flexibility index (Phi) is 4.95. The maximum absolute atomic E-state index is 13.5. The number of fused-ring (bicyclic) bond motifs is 1. The number of pyridine rings is 1. The topological polar surface area (TPSA) is 94.2 Å². The fraction of sp³-hybridized carbons (Fsp3) is 0.182. The maximum Gasteiger partial charge on any atom is 0.259 e. The summed E-state index contributed by atoms with van der Waals surface area (Å²) in [5.41, 5.74) is 7.99. The van der Waals surface area contributed by atoms with Crippen molar-refractivity contribution in [3.63, 3.8) is 0 Å². The lowest BCUT2D eigenvalue weighted by Crippen LogP contribution is -2.33. The normalized spacial score (nSPS) is 15.6. The highest BCUT2D eigenvalue weighted by Gasteiger charge is 2.34. The Hall–Kier alpha value is -3.37. The molecule has 1 aromatic carbocycles. The van der Waals surface area contributed by atoms with E-state index in [4.69, 9.17) is 14.9 Å². The van der Waals surface area contributed by atoms with Gasteiger partial charge in [0.15, 0.2) is 0 Å². The van der Waals surface area contributed by atoms with Gasteiger partial charge in [-0.1, -0.05) is 12.1 Å². The molecule has 0 spiro atoms. The number of hydrogen-bond donors (Lipinski definition) is 1. The van der Waals surface area contributed by atoms with E-state index in [9.17, 15) is 10.1 Å². The molecule has 3 aromatic rings. The number of aromatic nitrogens is 1. The van der Waals surface area contributed by atoms with Crippen LogP contribution in [0.2, 0.25) is 0 Å². The number of thioether (sulfide) groups is 1. The number of nitriles is 1. The summed E-state index contributed by atoms with van der Waals surface area (Å²) in [5.74, 6) is 0.499. The molecule has 2 N–H and O–H groups in total. The summed E-state index contributed by atoms with van der Waals surface area (Å²) in [4.78, 5) is 14.6. The molecule has 0 aliphatic carbocycles. The van der Waals surface area contributed by atoms with Crippen LogP contribution in [-0.4, -0.2) is 10.8 Å². The predicted octanol–water partition coefficient (Wildman–Crippen LogP) is 3.74. The smallest absolute Gasteiger partial charge is 0.259 e. The van der Waals surface area contributed by atoms with Crippen LogP contribution in [0, 0.1) is 18.3 Å². The first-order chi connectivity index (χ1) is 14.0. The molecule has 7 heteroatoms. The Bertz CT molecular complexity index is 1190. The largest absolute Gasteiger partial charge is 0.467 e. The zero-order valence-corrected chi connectivity index (χ0v) is 16.8. The second-order valence-electron chi connectivity index (χ2n) is 6.73. The average molecular weight is 405 g/mol. The summed E-state index contributed by atoms with van der Waals surface area (Å²) in [7, 11) is 0. The van der Waals surface area contributed by atoms with Gasteiger partial charge in [0, 0.05) is 16.7 Å². The molecule has 2 aromatic heterocycles. The predicted molar refractivity (Wildman–Crippen MR) is 111 cm³/mol. The first-order valence-corrected chi connectivity index (χ1v) is 10.2. The van der Waals surface area contributed by atoms with Gasteiger partial charge < -0.3 is 19.5 Å². The number of ether oxygens (including phenoxy) is 1. The zero-order chi connectivity index (χ0) is 20.5. The molecule has 0 radical (unpaired) electrons. The van der Waals surface area contributed by atoms with Gasteiger partial charge in [-0.05, 0) is 43.0 Å². The van der Waals surface area contributed by atoms with E-state index < -0.39 is 5.92 Å². The minimum Gasteiger partial charge on any atom is -0.467 e. The molecule has 1 unspecified atom stereocenters. The van der Waals surface area contributed by atoms with Gasteiger partial charge in [-0.3, -0.25) is 4.79 Å². The van der Waals surface area contributed by atoms with Gasteiger partial charge >= 0.3 is 0 Å². The number of allylic oxidation sites excluding steroid dienone is 1. The maximum atomic E-state index is 13.5. The molecular formula is C22H19N3O3S. The molecule has 29 heavy (non-hydrogen) atoms. The average Bonchev–Trinajstić information content (AvgIpc) is 3.23. The van der Waals surface area contributed by atoms with Crippen molar-refractivity contribution in [2.75, 3.05) is 6.26 Å². The number of aryl methyl sites for hydroxylation is 1. The summed E-state index contributed by atoms with van der Waals surface area (Å²) in [6, 6.07) is 15.3. The SMILES string of the molecule is CSc1ccc(C2C(C#N)=C(N)Oc3cc(C)n(Cc4ccco4)c(=O)c32)cc1. The van der Waals surface area contributed by atoms with Crippen molar-refractivity contribution in [2.45, 2.75) is 24.3 Å². The van der Waals surface area contributed by atoms with Gasteiger partial charge in [0.1, 0.15) is 23.2 Å². The van der Waals surface area contributed by atoms with E-state index in [1.54, 1.807) is 34.7 Å². The lowest BCUT2D eigenvalue weighted by molar-refractivity contribution is 0.387. The van der Waals surface area contributed by atoms with Crippen molar-refractivity contribution in [1.82, 2.24) is 4.57 Å². The van der Waals surface area contributed by atoms with Crippen molar-refractivity contribution < 1.29 is 9.15 Å². The third-order valence-electron chi connectivity index (χ3n) is 5.03. The second kappa shape index (κ2) is 7.57. The Morgan fingerprint density at radius 1 is 1.28 bits per heavy atom. The van der Waals surface area contributed by atoms with Crippen LogP contribution in [0.1, 0.15) is 28.5 Å². The molecular weight excluding hydrogens is 386 g/mol. The van der Waals surface area contributed by atoms with Gasteiger partial charge in [0.2, 0.25) is 5.88 Å². The standard InChI is InChI=1S/C22H19N3O3S/c1-13-10-18-20(22(26)25(13)12-15-4-3-9-27-15)19(17(11-23)21(24)28-18)14-5-7-16(29-2)8-6-14/h3-10,19H,12,24H2,1-2H3. The van der Waals surface area contributed by atoms with E-state index in [0.29, 0.717) is 23.6 Å². The number of hydrogen-bond acceptors (Lipinski definition) is 6. The quantitative estimate of drug-likeness (QED) is 0.665. The summed E-state index contributed by atoms with van der Waals surface area (Å²) in [6.45, 7) is 2.13. The highest BCUT2D eigenvalue weighted by Crippen LogP contribution is 2.40. The fourth-order valence-corrected chi connectivity index (χ4v) is 3.98. The van der Waals surface area contributed by atoms with Crippen LogP contribution in [0.5, 0.6) is 5.75 Å². The Morgan fingerprint density at radius 3 is 2.66 bits per heavy atom. The van der Waals surface area contributed by atoms with E-state index in [-0.39, 0.29) is 17.0 Å². The molecule has 3 heterocycles. The van der Waals surface area contributed by atoms with Crippen LogP contribution in [0.15, 0.2) is 74.3 Å². The lowest BCUT2D eigenvalue weighted by atomic mass is 9.84. The number of nitrogens with zero attached hydrogens (tertiary/aromatic N) is 2. The lowest BCUT2D eigenvalue weighted by Gasteiger charge is -2.27. The first-order valence-electron chi connectivity index (χ1n) is 9.01. The number of benzene rings is 1. The molecule has 0 bridgehead atoms. The monoisotopic (exact) mass is 405 g/mol. The molecule has 0 saturated carbocycles. The van der Waals surface area contributed by atoms with Crippen molar-refractivity contribution in [1.29, 1.82) is 5.26 Å². The minimum absolute atomic E-state index is 0.0292. The van der Waals surface area contributed by atoms with E-state index in [1.807, 2.05) is 43.5 Å². The van der Waals surface area contributed by atoms with Crippen LogP contribution >= 0.6 is 11.8 Å². The van der Waals surface area contributed by atoms with Crippen molar-refractivity contribution in [3.05, 3.63) is 93.1 Å². The number of furan rings is 1. The van der Waals surface area contributed by atoms with Crippen LogP contribution < -0.4 is 16.0 Å². The van der Waals surface area contributed by atoms with Gasteiger partial charge in [0.25, 0.3) is 5.56 Å². The third-order valence-corrected chi connectivity index (χ3v) is 5.78. The highest BCUT2D eigenvalue weighted by atomic mass is 32.2. The highest BCUT2D eigenvalue weighted by molar-refractivity contribution is 7.98. The van der Waals surface area contributed by atoms with Gasteiger partial charge in [0.05, 0.1) is 24.3 Å². The van der Waals surface area contributed by atoms with Crippen molar-refractivity contribution in [3.8, 4) is 11.8 Å². The molecule has 146 valence electrons. The summed E-state index contributed by atoms with van der Waals surface area (Å²) < 4.78 is 12.7. The van der Waals surface area contributed by atoms with Gasteiger partial charge in [-0.25, -0.2) is 0 Å². The first kappa shape index (κ1) is 19.0. The van der Waals surface area contributed by atoms with E-state index in [0.717, 1.165) is 16.2 Å². The Labute approximate surface area is 172 Å². The molecule has 0 amide bonds. The van der Waals surface area contributed by atoms with Crippen molar-refractivity contribution in [2.24, 2.45) is 5.73 Å². The minimum atomic E-state index is -0.587. The molecule has 1 aliphatic rings. The Balaban J connectivity index is 1.92. The Morgan fingerprint density at radius 2 is 2.03 bits per heavy atom. The van der Waals surface area contributed by atoms with Gasteiger partial charge in [-0.15, -0.1) is 11.8 Å². The fourth-order valence-electron chi connectivity index (χ4n) is 3.57. The van der Waals surface area contributed by atoms with E-state index in [1.165, 1.54) is 0 Å². The molecule has 0 fully saturated rings. The van der Waals surface area contributed by atoms with E-state index >= 15 is 0 Å². The third kappa shape index (κ3) is 3.32. The molecule has 4 rings (SSSR count). The van der Waals surface area contributed by atoms with E-state index in [2.05, 4.69) is 6.07 Å². The van der Waals surface area contributed by atoms with Gasteiger partial charge in [-0.2, -0.15) is 5.26 Å². The van der Waals surface area contributed by atoms with Crippen LogP contribution in [0.4, 0.5) is 0 Å². The molecule has 1 atom stereocenters. The molecule has 1 aliphatic heterocycles. The number of rotatable bonds is 4. The molecule has 6 nitrogen and oxygen atoms in total. The number of nitrogens with two attached hydrogens (primary N) is 1. The summed E-state index contributed by atoms with van der Waals surface area (Å²) in [6.07, 6.45) is 3.57. The van der Waals surface area contributed by atoms with Crippen molar-refractivity contribution >= 4 is 11.8 Å². The summed E-state index contributed by atoms with van der Waals surface area (Å²) >= 11 is 1.62. The van der Waals surface area contributed by atoms with Crippen LogP contribution in [0.3, 0.4) is 0 Å². The zero-order valence-electron chi connectivity index (χ0n) is 16.0. The summed E-state index contributed by atoms with van der Waals surface area (Å²) in [5, 5.41) is 9.75. The second-order valence-corrected chi connectivity index (χ2v) is 7.61. The van der Waals surface area contributed by atoms with Crippen LogP contribution in [0.25, 0.3) is 0 Å². The molecule has 0 saturated heterocycles.